The molecular formula is C18H22N4O2. The van der Waals surface area contributed by atoms with E-state index in [9.17, 15) is 4.79 Å². The summed E-state index contributed by atoms with van der Waals surface area (Å²) in [5, 5.41) is 7.04. The number of nitrogens with one attached hydrogen (secondary N) is 1. The number of rotatable bonds is 5. The van der Waals surface area contributed by atoms with E-state index in [1.807, 2.05) is 12.3 Å². The van der Waals surface area contributed by atoms with Crippen LogP contribution in [0.1, 0.15) is 47.5 Å². The van der Waals surface area contributed by atoms with Gasteiger partial charge in [0.25, 0.3) is 5.91 Å². The zero-order valence-electron chi connectivity index (χ0n) is 13.8. The molecule has 0 unspecified atom stereocenters. The molecule has 1 N–H and O–H groups in total. The van der Waals surface area contributed by atoms with Crippen LogP contribution in [0, 0.1) is 5.92 Å². The van der Waals surface area contributed by atoms with Gasteiger partial charge in [-0.15, -0.1) is 0 Å². The number of amides is 1. The summed E-state index contributed by atoms with van der Waals surface area (Å²) < 4.78 is 5.27. The van der Waals surface area contributed by atoms with Gasteiger partial charge in [0.1, 0.15) is 5.76 Å². The maximum absolute atomic E-state index is 12.4. The van der Waals surface area contributed by atoms with Crippen LogP contribution in [0.25, 0.3) is 0 Å². The van der Waals surface area contributed by atoms with Crippen molar-refractivity contribution < 1.29 is 9.32 Å². The topological polar surface area (TPSA) is 71.3 Å². The van der Waals surface area contributed by atoms with Crippen LogP contribution in [-0.4, -0.2) is 40.1 Å². The van der Waals surface area contributed by atoms with E-state index in [0.29, 0.717) is 17.5 Å². The molecule has 2 aromatic heterocycles. The predicted molar refractivity (Wildman–Crippen MR) is 88.4 cm³/mol. The van der Waals surface area contributed by atoms with Gasteiger partial charge in [0.15, 0.2) is 5.69 Å². The van der Waals surface area contributed by atoms with E-state index < -0.39 is 0 Å². The molecule has 2 fully saturated rings. The van der Waals surface area contributed by atoms with Gasteiger partial charge in [-0.1, -0.05) is 18.1 Å². The van der Waals surface area contributed by atoms with Crippen LogP contribution in [-0.2, 0) is 6.54 Å². The molecule has 4 rings (SSSR count). The van der Waals surface area contributed by atoms with Crippen LogP contribution in [0.2, 0.25) is 0 Å². The summed E-state index contributed by atoms with van der Waals surface area (Å²) in [4.78, 5) is 18.9. The van der Waals surface area contributed by atoms with Crippen LogP contribution in [0.4, 0.5) is 0 Å². The van der Waals surface area contributed by atoms with Gasteiger partial charge in [0.2, 0.25) is 0 Å². The summed E-state index contributed by atoms with van der Waals surface area (Å²) >= 11 is 0. The highest BCUT2D eigenvalue weighted by molar-refractivity contribution is 5.92. The first-order valence-corrected chi connectivity index (χ1v) is 8.58. The van der Waals surface area contributed by atoms with Crippen LogP contribution < -0.4 is 5.32 Å². The maximum Gasteiger partial charge on any atom is 0.273 e. The first kappa shape index (κ1) is 15.3. The molecule has 0 radical (unpaired) electrons. The summed E-state index contributed by atoms with van der Waals surface area (Å²) in [6, 6.07) is 5.96. The molecule has 6 heteroatoms. The number of hydrogen-bond acceptors (Lipinski definition) is 5. The molecule has 2 atom stereocenters. The number of likely N-dealkylation sites (tertiary alicyclic amines) is 1. The summed E-state index contributed by atoms with van der Waals surface area (Å²) in [5.74, 6) is 1.59. The minimum Gasteiger partial charge on any atom is -0.360 e. The molecule has 6 nitrogen and oxygen atoms in total. The van der Waals surface area contributed by atoms with Crippen LogP contribution in [0.15, 0.2) is 35.1 Å². The van der Waals surface area contributed by atoms with E-state index in [-0.39, 0.29) is 11.9 Å². The molecule has 24 heavy (non-hydrogen) atoms. The Hall–Kier alpha value is -2.21. The lowest BCUT2D eigenvalue weighted by molar-refractivity contribution is 0.0922. The lowest BCUT2D eigenvalue weighted by Gasteiger charge is -2.16. The van der Waals surface area contributed by atoms with Crippen molar-refractivity contribution in [2.75, 3.05) is 13.1 Å². The van der Waals surface area contributed by atoms with Crippen molar-refractivity contribution in [1.82, 2.24) is 20.4 Å². The first-order valence-electron chi connectivity index (χ1n) is 8.58. The van der Waals surface area contributed by atoms with Gasteiger partial charge in [-0.25, -0.2) is 0 Å². The fourth-order valence-electron chi connectivity index (χ4n) is 3.33. The number of pyridine rings is 1. The third-order valence-corrected chi connectivity index (χ3v) is 4.87. The Morgan fingerprint density at radius 2 is 2.29 bits per heavy atom. The van der Waals surface area contributed by atoms with Gasteiger partial charge >= 0.3 is 0 Å². The SMILES string of the molecule is C[C@H]1CN(Cc2cccnc2)C[C@H]1NC(=O)c1cc(C2CC2)on1. The summed E-state index contributed by atoms with van der Waals surface area (Å²) in [5.41, 5.74) is 1.59. The average molecular weight is 326 g/mol. The molecule has 3 heterocycles. The van der Waals surface area contributed by atoms with Crippen LogP contribution in [0.5, 0.6) is 0 Å². The number of nitrogens with zero attached hydrogens (tertiary/aromatic N) is 3. The number of aromatic nitrogens is 2. The van der Waals surface area contributed by atoms with Crippen molar-refractivity contribution in [3.05, 3.63) is 47.6 Å². The Morgan fingerprint density at radius 1 is 1.42 bits per heavy atom. The Balaban J connectivity index is 1.34. The summed E-state index contributed by atoms with van der Waals surface area (Å²) in [6.45, 7) is 4.84. The predicted octanol–water partition coefficient (Wildman–Crippen LogP) is 2.20. The first-order chi connectivity index (χ1) is 11.7. The largest absolute Gasteiger partial charge is 0.360 e. The van der Waals surface area contributed by atoms with Gasteiger partial charge in [0.05, 0.1) is 0 Å². The van der Waals surface area contributed by atoms with E-state index in [0.717, 1.165) is 38.2 Å². The van der Waals surface area contributed by atoms with Gasteiger partial charge in [0, 0.05) is 50.1 Å². The zero-order valence-corrected chi connectivity index (χ0v) is 13.8. The molecule has 1 amide bonds. The number of carbonyl (C=O) groups is 1. The fraction of sp³-hybridized carbons (Fsp3) is 0.500. The van der Waals surface area contributed by atoms with Crippen molar-refractivity contribution in [2.45, 2.75) is 38.3 Å². The van der Waals surface area contributed by atoms with Gasteiger partial charge in [-0.3, -0.25) is 14.7 Å². The lowest BCUT2D eigenvalue weighted by Crippen LogP contribution is -2.39. The molecular weight excluding hydrogens is 304 g/mol. The Labute approximate surface area is 141 Å². The minimum absolute atomic E-state index is 0.134. The van der Waals surface area contributed by atoms with Crippen molar-refractivity contribution >= 4 is 5.91 Å². The quantitative estimate of drug-likeness (QED) is 0.912. The standard InChI is InChI=1S/C18H22N4O2/c1-12-9-22(10-13-3-2-6-19-8-13)11-16(12)20-18(23)15-7-17(24-21-15)14-4-5-14/h2-3,6-8,12,14,16H,4-5,9-11H2,1H3,(H,20,23)/t12-,16+/m0/s1. The molecule has 2 aliphatic rings. The molecule has 1 saturated carbocycles. The van der Waals surface area contributed by atoms with Crippen molar-refractivity contribution in [1.29, 1.82) is 0 Å². The van der Waals surface area contributed by atoms with E-state index in [4.69, 9.17) is 4.52 Å². The van der Waals surface area contributed by atoms with Crippen molar-refractivity contribution in [3.8, 4) is 0 Å². The average Bonchev–Trinajstić information content (AvgIpc) is 3.21. The summed E-state index contributed by atoms with van der Waals surface area (Å²) in [6.07, 6.45) is 5.96. The second kappa shape index (κ2) is 6.36. The molecule has 126 valence electrons. The molecule has 2 aromatic rings. The van der Waals surface area contributed by atoms with Crippen LogP contribution >= 0.6 is 0 Å². The maximum atomic E-state index is 12.4. The zero-order chi connectivity index (χ0) is 16.5. The Bertz CT molecular complexity index is 711. The minimum atomic E-state index is -0.134. The Kier molecular flexibility index (Phi) is 4.06. The molecule has 1 aliphatic carbocycles. The van der Waals surface area contributed by atoms with Gasteiger partial charge in [-0.2, -0.15) is 0 Å². The van der Waals surface area contributed by atoms with E-state index in [1.54, 1.807) is 12.3 Å². The lowest BCUT2D eigenvalue weighted by atomic mass is 10.1. The van der Waals surface area contributed by atoms with Gasteiger partial charge < -0.3 is 9.84 Å². The number of hydrogen-bond donors (Lipinski definition) is 1. The van der Waals surface area contributed by atoms with Gasteiger partial charge in [-0.05, 0) is 30.4 Å². The van der Waals surface area contributed by atoms with Crippen LogP contribution in [0.3, 0.4) is 0 Å². The second-order valence-electron chi connectivity index (χ2n) is 7.00. The van der Waals surface area contributed by atoms with Crippen molar-refractivity contribution in [3.63, 3.8) is 0 Å². The smallest absolute Gasteiger partial charge is 0.273 e. The second-order valence-corrected chi connectivity index (χ2v) is 7.00. The third-order valence-electron chi connectivity index (χ3n) is 4.87. The van der Waals surface area contributed by atoms with E-state index in [2.05, 4.69) is 33.3 Å². The molecule has 0 aromatic carbocycles. The Morgan fingerprint density at radius 3 is 3.04 bits per heavy atom. The molecule has 0 spiro atoms. The highest BCUT2D eigenvalue weighted by Crippen LogP contribution is 2.40. The normalized spacial score (nSPS) is 24.2. The molecule has 1 saturated heterocycles. The summed E-state index contributed by atoms with van der Waals surface area (Å²) in [7, 11) is 0. The molecule has 0 bridgehead atoms. The molecule has 1 aliphatic heterocycles. The van der Waals surface area contributed by atoms with E-state index >= 15 is 0 Å². The monoisotopic (exact) mass is 326 g/mol. The van der Waals surface area contributed by atoms with Crippen molar-refractivity contribution in [2.24, 2.45) is 5.92 Å². The third kappa shape index (κ3) is 3.33. The fourth-order valence-corrected chi connectivity index (χ4v) is 3.33. The number of carbonyl (C=O) groups excluding carboxylic acids is 1. The highest BCUT2D eigenvalue weighted by atomic mass is 16.5. The highest BCUT2D eigenvalue weighted by Gasteiger charge is 2.33. The van der Waals surface area contributed by atoms with E-state index in [1.165, 1.54) is 5.56 Å².